The summed E-state index contributed by atoms with van der Waals surface area (Å²) in [6, 6.07) is 8.00. The summed E-state index contributed by atoms with van der Waals surface area (Å²) in [5.74, 6) is -3.74. The quantitative estimate of drug-likeness (QED) is 0.253. The van der Waals surface area contributed by atoms with E-state index < -0.39 is 47.4 Å². The lowest BCUT2D eigenvalue weighted by molar-refractivity contribution is -0.211. The lowest BCUT2D eigenvalue weighted by atomic mass is 9.85. The Balaban J connectivity index is 1.48. The van der Waals surface area contributed by atoms with Crippen LogP contribution in [0, 0.1) is 11.3 Å². The first-order valence-electron chi connectivity index (χ1n) is 14.7. The molecule has 1 heterocycles. The molecule has 252 valence electrons. The van der Waals surface area contributed by atoms with E-state index in [2.05, 4.69) is 16.0 Å². The minimum absolute atomic E-state index is 0.0248. The molecular formula is C31H34ClF6N3O5. The Morgan fingerprint density at radius 2 is 1.61 bits per heavy atom. The highest BCUT2D eigenvalue weighted by Gasteiger charge is 2.52. The molecule has 1 saturated carbocycles. The number of rotatable bonds is 9. The Hall–Kier alpha value is -3.52. The smallest absolute Gasteiger partial charge is 0.402 e. The molecule has 46 heavy (non-hydrogen) atoms. The number of hydrogen-bond donors (Lipinski definition) is 3. The zero-order chi connectivity index (χ0) is 33.9. The second-order valence-electron chi connectivity index (χ2n) is 12.0. The van der Waals surface area contributed by atoms with E-state index >= 15 is 0 Å². The van der Waals surface area contributed by atoms with Crippen molar-refractivity contribution in [3.63, 3.8) is 0 Å². The van der Waals surface area contributed by atoms with E-state index in [1.165, 1.54) is 36.4 Å². The van der Waals surface area contributed by atoms with Crippen LogP contribution < -0.4 is 20.7 Å². The van der Waals surface area contributed by atoms with Crippen LogP contribution >= 0.6 is 11.6 Å². The predicted molar refractivity (Wildman–Crippen MR) is 157 cm³/mol. The molecule has 2 aromatic carbocycles. The molecule has 2 aromatic rings. The van der Waals surface area contributed by atoms with Crippen molar-refractivity contribution in [1.82, 2.24) is 10.6 Å². The van der Waals surface area contributed by atoms with Gasteiger partial charge < -0.3 is 25.4 Å². The van der Waals surface area contributed by atoms with E-state index in [9.17, 15) is 40.7 Å². The lowest BCUT2D eigenvalue weighted by Gasteiger charge is -2.30. The van der Waals surface area contributed by atoms with Gasteiger partial charge in [-0.05, 0) is 75.4 Å². The van der Waals surface area contributed by atoms with Crippen molar-refractivity contribution < 1.29 is 50.2 Å². The molecule has 8 nitrogen and oxygen atoms in total. The SMILES string of the molecule is CC(C)(C(=O)NCc1ccc(Cl)c(C(=O)Nc2ccc(OC3CCOC3)c(C(=O)NC3CCC(C(F)(F)F)CC3)c2)c1)C(F)(F)F. The van der Waals surface area contributed by atoms with Gasteiger partial charge in [-0.25, -0.2) is 0 Å². The molecule has 2 fully saturated rings. The van der Waals surface area contributed by atoms with Crippen molar-refractivity contribution in [2.75, 3.05) is 18.5 Å². The number of benzene rings is 2. The third-order valence-electron chi connectivity index (χ3n) is 8.19. The fourth-order valence-electron chi connectivity index (χ4n) is 5.09. The molecule has 1 aliphatic carbocycles. The summed E-state index contributed by atoms with van der Waals surface area (Å²) in [4.78, 5) is 38.8. The molecule has 4 rings (SSSR count). The van der Waals surface area contributed by atoms with Crippen molar-refractivity contribution in [1.29, 1.82) is 0 Å². The Kier molecular flexibility index (Phi) is 10.8. The van der Waals surface area contributed by atoms with Crippen LogP contribution in [0.25, 0.3) is 0 Å². The van der Waals surface area contributed by atoms with Crippen LogP contribution in [0.2, 0.25) is 5.02 Å². The third-order valence-corrected chi connectivity index (χ3v) is 8.52. The molecule has 0 aromatic heterocycles. The van der Waals surface area contributed by atoms with E-state index in [-0.39, 0.29) is 65.9 Å². The maximum absolute atomic E-state index is 13.4. The van der Waals surface area contributed by atoms with Gasteiger partial charge in [0, 0.05) is 24.7 Å². The Morgan fingerprint density at radius 1 is 0.913 bits per heavy atom. The average molecular weight is 678 g/mol. The zero-order valence-electron chi connectivity index (χ0n) is 25.0. The minimum Gasteiger partial charge on any atom is -0.487 e. The molecule has 1 saturated heterocycles. The standard InChI is InChI=1S/C31H34ClF6N3O5/c1-29(2,31(36,37)38)28(44)39-15-17-3-9-24(32)22(13-17)26(42)41-20-8-10-25(46-21-11-12-45-16-21)23(14-20)27(43)40-19-6-4-18(5-7-19)30(33,34)35/h3,8-10,13-14,18-19,21H,4-7,11-12,15-16H2,1-2H3,(H,39,44)(H,40,43)(H,41,42). The summed E-state index contributed by atoms with van der Waals surface area (Å²) < 4.78 is 90.2. The van der Waals surface area contributed by atoms with E-state index in [1.807, 2.05) is 0 Å². The number of carbonyl (C=O) groups excluding carboxylic acids is 3. The van der Waals surface area contributed by atoms with Crippen molar-refractivity contribution in [3.05, 3.63) is 58.1 Å². The number of halogens is 7. The predicted octanol–water partition coefficient (Wildman–Crippen LogP) is 6.82. The zero-order valence-corrected chi connectivity index (χ0v) is 25.8. The van der Waals surface area contributed by atoms with Gasteiger partial charge in [0.05, 0.1) is 35.3 Å². The summed E-state index contributed by atoms with van der Waals surface area (Å²) in [6.07, 6.45) is -8.68. The molecule has 2 aliphatic rings. The maximum atomic E-state index is 13.4. The Bertz CT molecular complexity index is 1430. The molecule has 3 N–H and O–H groups in total. The summed E-state index contributed by atoms with van der Waals surface area (Å²) in [7, 11) is 0. The Labute approximate surface area is 266 Å². The van der Waals surface area contributed by atoms with Crippen molar-refractivity contribution >= 4 is 35.0 Å². The van der Waals surface area contributed by atoms with E-state index in [1.54, 1.807) is 0 Å². The molecule has 1 aliphatic heterocycles. The van der Waals surface area contributed by atoms with E-state index in [0.717, 1.165) is 13.8 Å². The van der Waals surface area contributed by atoms with Crippen LogP contribution in [-0.4, -0.2) is 55.4 Å². The van der Waals surface area contributed by atoms with Crippen molar-refractivity contribution in [2.45, 2.75) is 77.0 Å². The molecule has 0 spiro atoms. The van der Waals surface area contributed by atoms with Crippen LogP contribution in [0.1, 0.15) is 72.2 Å². The topological polar surface area (TPSA) is 106 Å². The lowest BCUT2D eigenvalue weighted by Crippen LogP contribution is -2.46. The second kappa shape index (κ2) is 14.1. The fourth-order valence-corrected chi connectivity index (χ4v) is 5.29. The average Bonchev–Trinajstić information content (AvgIpc) is 3.49. The highest BCUT2D eigenvalue weighted by molar-refractivity contribution is 6.34. The van der Waals surface area contributed by atoms with Crippen LogP contribution in [0.3, 0.4) is 0 Å². The number of nitrogens with one attached hydrogen (secondary N) is 3. The number of alkyl halides is 6. The van der Waals surface area contributed by atoms with Crippen molar-refractivity contribution in [3.8, 4) is 5.75 Å². The van der Waals surface area contributed by atoms with Crippen LogP contribution in [0.5, 0.6) is 5.75 Å². The highest BCUT2D eigenvalue weighted by atomic mass is 35.5. The van der Waals surface area contributed by atoms with Gasteiger partial charge >= 0.3 is 12.4 Å². The molecule has 15 heteroatoms. The third kappa shape index (κ3) is 8.64. The van der Waals surface area contributed by atoms with Crippen LogP contribution in [0.15, 0.2) is 36.4 Å². The van der Waals surface area contributed by atoms with E-state index in [4.69, 9.17) is 21.1 Å². The van der Waals surface area contributed by atoms with Gasteiger partial charge in [-0.15, -0.1) is 0 Å². The van der Waals surface area contributed by atoms with Gasteiger partial charge in [0.2, 0.25) is 5.91 Å². The van der Waals surface area contributed by atoms with Crippen LogP contribution in [0.4, 0.5) is 32.0 Å². The summed E-state index contributed by atoms with van der Waals surface area (Å²) in [5, 5.41) is 7.67. The minimum atomic E-state index is -4.77. The van der Waals surface area contributed by atoms with E-state index in [0.29, 0.717) is 25.2 Å². The van der Waals surface area contributed by atoms with Gasteiger partial charge in [-0.2, -0.15) is 26.3 Å². The largest absolute Gasteiger partial charge is 0.487 e. The summed E-state index contributed by atoms with van der Waals surface area (Å²) >= 11 is 6.24. The van der Waals surface area contributed by atoms with Gasteiger partial charge in [-0.3, -0.25) is 14.4 Å². The molecule has 3 amide bonds. The van der Waals surface area contributed by atoms with Gasteiger partial charge in [-0.1, -0.05) is 17.7 Å². The molecule has 1 unspecified atom stereocenters. The number of anilines is 1. The van der Waals surface area contributed by atoms with Gasteiger partial charge in [0.15, 0.2) is 0 Å². The second-order valence-corrected chi connectivity index (χ2v) is 12.4. The molecule has 0 radical (unpaired) electrons. The normalized spacial score (nSPS) is 20.6. The molecule has 1 atom stereocenters. The molecule has 0 bridgehead atoms. The first-order valence-corrected chi connectivity index (χ1v) is 15.0. The van der Waals surface area contributed by atoms with Crippen molar-refractivity contribution in [2.24, 2.45) is 11.3 Å². The number of carbonyl (C=O) groups is 3. The monoisotopic (exact) mass is 677 g/mol. The first kappa shape index (κ1) is 35.3. The summed E-state index contributed by atoms with van der Waals surface area (Å²) in [6.45, 7) is 2.00. The maximum Gasteiger partial charge on any atom is 0.402 e. The van der Waals surface area contributed by atoms with Crippen LogP contribution in [-0.2, 0) is 16.1 Å². The fraction of sp³-hybridized carbons (Fsp3) is 0.516. The van der Waals surface area contributed by atoms with Gasteiger partial charge in [0.1, 0.15) is 17.3 Å². The summed E-state index contributed by atoms with van der Waals surface area (Å²) in [5.41, 5.74) is -2.14. The van der Waals surface area contributed by atoms with Gasteiger partial charge in [0.25, 0.3) is 11.8 Å². The highest BCUT2D eigenvalue weighted by Crippen LogP contribution is 2.39. The number of amides is 3. The Morgan fingerprint density at radius 3 is 2.22 bits per heavy atom. The number of ether oxygens (including phenoxy) is 2. The molecular weight excluding hydrogens is 644 g/mol. The number of hydrogen-bond acceptors (Lipinski definition) is 5. The first-order chi connectivity index (χ1) is 21.5.